The topological polar surface area (TPSA) is 71.8 Å². The molecule has 0 fully saturated rings. The lowest BCUT2D eigenvalue weighted by molar-refractivity contribution is 0.248. The number of aromatic nitrogens is 3. The molecule has 0 unspecified atom stereocenters. The van der Waals surface area contributed by atoms with Crippen LogP contribution in [0.25, 0.3) is 0 Å². The fourth-order valence-electron chi connectivity index (χ4n) is 2.53. The van der Waals surface area contributed by atoms with Crippen molar-refractivity contribution >= 4 is 11.8 Å². The number of nitrogens with zero attached hydrogens (tertiary/aromatic N) is 3. The number of hydrogen-bond donors (Lipinski definition) is 2. The van der Waals surface area contributed by atoms with Crippen molar-refractivity contribution in [1.29, 1.82) is 0 Å². The van der Waals surface area contributed by atoms with E-state index in [4.69, 9.17) is 0 Å². The number of hydrogen-bond acceptors (Lipinski definition) is 3. The van der Waals surface area contributed by atoms with E-state index in [9.17, 15) is 4.79 Å². The van der Waals surface area contributed by atoms with Gasteiger partial charge in [0.05, 0.1) is 0 Å². The van der Waals surface area contributed by atoms with Gasteiger partial charge in [0.2, 0.25) is 0 Å². The van der Waals surface area contributed by atoms with Gasteiger partial charge in [-0.15, -0.1) is 0 Å². The zero-order valence-corrected chi connectivity index (χ0v) is 12.0. The summed E-state index contributed by atoms with van der Waals surface area (Å²) in [5, 5.41) is 5.65. The average molecular weight is 285 g/mol. The third kappa shape index (κ3) is 3.39. The van der Waals surface area contributed by atoms with E-state index in [1.807, 2.05) is 25.4 Å². The number of fused-ring (bicyclic) bond motifs is 1. The van der Waals surface area contributed by atoms with E-state index in [-0.39, 0.29) is 6.03 Å². The van der Waals surface area contributed by atoms with Gasteiger partial charge in [-0.05, 0) is 30.9 Å². The Morgan fingerprint density at radius 1 is 1.43 bits per heavy atom. The van der Waals surface area contributed by atoms with Crippen molar-refractivity contribution < 1.29 is 4.79 Å². The van der Waals surface area contributed by atoms with E-state index in [0.29, 0.717) is 18.3 Å². The van der Waals surface area contributed by atoms with Crippen molar-refractivity contribution in [3.63, 3.8) is 0 Å². The minimum absolute atomic E-state index is 0.208. The highest BCUT2D eigenvalue weighted by atomic mass is 16.2. The van der Waals surface area contributed by atoms with Crippen LogP contribution in [0.5, 0.6) is 0 Å². The van der Waals surface area contributed by atoms with Crippen LogP contribution in [0.1, 0.15) is 17.8 Å². The predicted octanol–water partition coefficient (Wildman–Crippen LogP) is 1.97. The smallest absolute Gasteiger partial charge is 0.320 e. The molecule has 0 spiro atoms. The lowest BCUT2D eigenvalue weighted by Crippen LogP contribution is -2.35. The first-order valence-corrected chi connectivity index (χ1v) is 7.18. The minimum Gasteiger partial charge on any atom is -0.338 e. The monoisotopic (exact) mass is 285 g/mol. The maximum Gasteiger partial charge on any atom is 0.320 e. The molecule has 110 valence electrons. The van der Waals surface area contributed by atoms with Gasteiger partial charge in [-0.2, -0.15) is 0 Å². The SMILES string of the molecule is Cc1ccc(NC(=O)NC[C@H]2CCn3ccnc3C2)nc1. The molecule has 0 bridgehead atoms. The van der Waals surface area contributed by atoms with Crippen LogP contribution in [0.15, 0.2) is 30.7 Å². The number of amides is 2. The zero-order chi connectivity index (χ0) is 14.7. The van der Waals surface area contributed by atoms with Crippen LogP contribution in [-0.4, -0.2) is 27.1 Å². The second-order valence-electron chi connectivity index (χ2n) is 5.45. The first-order chi connectivity index (χ1) is 10.2. The van der Waals surface area contributed by atoms with Crippen LogP contribution in [0, 0.1) is 12.8 Å². The zero-order valence-electron chi connectivity index (χ0n) is 12.0. The van der Waals surface area contributed by atoms with Crippen molar-refractivity contribution in [3.05, 3.63) is 42.1 Å². The summed E-state index contributed by atoms with van der Waals surface area (Å²) in [6.45, 7) is 3.59. The number of aryl methyl sites for hydroxylation is 2. The molecule has 3 heterocycles. The number of carbonyl (C=O) groups is 1. The number of pyridine rings is 1. The summed E-state index contributed by atoms with van der Waals surface area (Å²) in [6.07, 6.45) is 7.55. The van der Waals surface area contributed by atoms with Crippen molar-refractivity contribution in [3.8, 4) is 0 Å². The first kappa shape index (κ1) is 13.6. The molecule has 0 radical (unpaired) electrons. The van der Waals surface area contributed by atoms with Crippen molar-refractivity contribution in [2.24, 2.45) is 5.92 Å². The minimum atomic E-state index is -0.208. The Labute approximate surface area is 123 Å². The van der Waals surface area contributed by atoms with Gasteiger partial charge in [-0.25, -0.2) is 14.8 Å². The van der Waals surface area contributed by atoms with Crippen LogP contribution in [0.4, 0.5) is 10.6 Å². The molecule has 1 aliphatic heterocycles. The first-order valence-electron chi connectivity index (χ1n) is 7.18. The normalized spacial score (nSPS) is 17.1. The van der Waals surface area contributed by atoms with Crippen LogP contribution in [0.3, 0.4) is 0 Å². The summed E-state index contributed by atoms with van der Waals surface area (Å²) in [5.74, 6) is 2.11. The molecule has 2 amide bonds. The number of imidazole rings is 1. The maximum absolute atomic E-state index is 11.9. The lowest BCUT2D eigenvalue weighted by Gasteiger charge is -2.23. The van der Waals surface area contributed by atoms with Crippen molar-refractivity contribution in [2.45, 2.75) is 26.3 Å². The van der Waals surface area contributed by atoms with E-state index < -0.39 is 0 Å². The van der Waals surface area contributed by atoms with Gasteiger partial charge in [0.1, 0.15) is 11.6 Å². The molecule has 6 heteroatoms. The summed E-state index contributed by atoms with van der Waals surface area (Å²) in [7, 11) is 0. The van der Waals surface area contributed by atoms with E-state index in [0.717, 1.165) is 30.8 Å². The lowest BCUT2D eigenvalue weighted by atomic mass is 9.98. The van der Waals surface area contributed by atoms with Gasteiger partial charge in [-0.1, -0.05) is 6.07 Å². The van der Waals surface area contributed by atoms with E-state index >= 15 is 0 Å². The quantitative estimate of drug-likeness (QED) is 0.905. The molecule has 3 rings (SSSR count). The summed E-state index contributed by atoms with van der Waals surface area (Å²) in [5.41, 5.74) is 1.07. The Balaban J connectivity index is 1.47. The van der Waals surface area contributed by atoms with Gasteiger partial charge in [0.15, 0.2) is 0 Å². The van der Waals surface area contributed by atoms with Crippen molar-refractivity contribution in [2.75, 3.05) is 11.9 Å². The molecule has 0 aromatic carbocycles. The van der Waals surface area contributed by atoms with E-state index in [2.05, 4.69) is 25.2 Å². The molecule has 0 saturated heterocycles. The largest absolute Gasteiger partial charge is 0.338 e. The van der Waals surface area contributed by atoms with Gasteiger partial charge < -0.3 is 9.88 Å². The molecule has 2 aromatic heterocycles. The summed E-state index contributed by atoms with van der Waals surface area (Å²) < 4.78 is 2.17. The van der Waals surface area contributed by atoms with Gasteiger partial charge >= 0.3 is 6.03 Å². The molecule has 0 saturated carbocycles. The Hall–Kier alpha value is -2.37. The fourth-order valence-corrected chi connectivity index (χ4v) is 2.53. The van der Waals surface area contributed by atoms with Crippen molar-refractivity contribution in [1.82, 2.24) is 19.9 Å². The maximum atomic E-state index is 11.9. The molecule has 6 nitrogen and oxygen atoms in total. The molecular weight excluding hydrogens is 266 g/mol. The Morgan fingerprint density at radius 3 is 3.14 bits per heavy atom. The van der Waals surface area contributed by atoms with Gasteiger partial charge in [0.25, 0.3) is 0 Å². The number of anilines is 1. The Kier molecular flexibility index (Phi) is 3.85. The van der Waals surface area contributed by atoms with Crippen LogP contribution < -0.4 is 10.6 Å². The molecular formula is C15H19N5O. The third-order valence-corrected chi connectivity index (χ3v) is 3.76. The fraction of sp³-hybridized carbons (Fsp3) is 0.400. The van der Waals surface area contributed by atoms with E-state index in [1.165, 1.54) is 0 Å². The number of carbonyl (C=O) groups excluding carboxylic acids is 1. The predicted molar refractivity (Wildman–Crippen MR) is 80.0 cm³/mol. The molecule has 2 aromatic rings. The second-order valence-corrected chi connectivity index (χ2v) is 5.45. The Morgan fingerprint density at radius 2 is 2.33 bits per heavy atom. The highest BCUT2D eigenvalue weighted by Crippen LogP contribution is 2.18. The van der Waals surface area contributed by atoms with Crippen LogP contribution in [0.2, 0.25) is 0 Å². The van der Waals surface area contributed by atoms with Gasteiger partial charge in [0, 0.05) is 38.1 Å². The molecule has 1 aliphatic rings. The third-order valence-electron chi connectivity index (χ3n) is 3.76. The highest BCUT2D eigenvalue weighted by Gasteiger charge is 2.19. The number of rotatable bonds is 3. The van der Waals surface area contributed by atoms with Crippen LogP contribution >= 0.6 is 0 Å². The molecule has 0 aliphatic carbocycles. The molecule has 2 N–H and O–H groups in total. The summed E-state index contributed by atoms with van der Waals surface area (Å²) in [4.78, 5) is 20.3. The summed E-state index contributed by atoms with van der Waals surface area (Å²) >= 11 is 0. The van der Waals surface area contributed by atoms with Crippen LogP contribution in [-0.2, 0) is 13.0 Å². The second kappa shape index (κ2) is 5.95. The average Bonchev–Trinajstić information content (AvgIpc) is 2.95. The van der Waals surface area contributed by atoms with E-state index in [1.54, 1.807) is 12.3 Å². The molecule has 1 atom stereocenters. The van der Waals surface area contributed by atoms with Gasteiger partial charge in [-0.3, -0.25) is 5.32 Å². The highest BCUT2D eigenvalue weighted by molar-refractivity contribution is 5.88. The molecule has 21 heavy (non-hydrogen) atoms. The number of urea groups is 1. The number of nitrogens with one attached hydrogen (secondary N) is 2. The standard InChI is InChI=1S/C15H19N5O/c1-11-2-3-13(17-9-11)19-15(21)18-10-12-4-6-20-7-5-16-14(20)8-12/h2-3,5,7,9,12H,4,6,8,10H2,1H3,(H2,17,18,19,21)/t12-/m0/s1. The Bertz CT molecular complexity index is 619. The summed E-state index contributed by atoms with van der Waals surface area (Å²) in [6, 6.07) is 3.51.